The van der Waals surface area contributed by atoms with E-state index in [-0.39, 0.29) is 0 Å². The van der Waals surface area contributed by atoms with Gasteiger partial charge in [-0.15, -0.1) is 0 Å². The minimum atomic E-state index is 1.18. The molecule has 0 bridgehead atoms. The SMILES string of the molecule is [CH]=CC=CCCCCCCCCCC=CC. The van der Waals surface area contributed by atoms with Crippen LogP contribution in [0.1, 0.15) is 64.7 Å². The smallest absolute Gasteiger partial charge is 0.0348 e. The van der Waals surface area contributed by atoms with Crippen LogP contribution in [0.3, 0.4) is 0 Å². The van der Waals surface area contributed by atoms with Crippen LogP contribution in [0.15, 0.2) is 30.4 Å². The monoisotopic (exact) mass is 219 g/mol. The molecule has 16 heavy (non-hydrogen) atoms. The van der Waals surface area contributed by atoms with Crippen LogP contribution in [-0.4, -0.2) is 0 Å². The minimum absolute atomic E-state index is 1.18. The van der Waals surface area contributed by atoms with Crippen molar-refractivity contribution < 1.29 is 0 Å². The number of unbranched alkanes of at least 4 members (excludes halogenated alkanes) is 8. The molecule has 0 saturated carbocycles. The predicted molar refractivity (Wildman–Crippen MR) is 74.4 cm³/mol. The summed E-state index contributed by atoms with van der Waals surface area (Å²) in [4.78, 5) is 0. The average molecular weight is 219 g/mol. The van der Waals surface area contributed by atoms with Gasteiger partial charge in [-0.1, -0.05) is 69.1 Å². The molecule has 0 aromatic carbocycles. The summed E-state index contributed by atoms with van der Waals surface area (Å²) in [6.45, 7) is 7.34. The zero-order valence-electron chi connectivity index (χ0n) is 10.8. The summed E-state index contributed by atoms with van der Waals surface area (Å²) in [6, 6.07) is 0. The molecule has 0 unspecified atom stereocenters. The maximum atomic E-state index is 5.24. The lowest BCUT2D eigenvalue weighted by molar-refractivity contribution is 0.583. The summed E-state index contributed by atoms with van der Waals surface area (Å²) in [5.41, 5.74) is 0. The second-order valence-electron chi connectivity index (χ2n) is 4.24. The van der Waals surface area contributed by atoms with E-state index in [9.17, 15) is 0 Å². The second kappa shape index (κ2) is 14.2. The van der Waals surface area contributed by atoms with E-state index in [1.54, 1.807) is 6.08 Å². The molecule has 0 aromatic rings. The zero-order valence-corrected chi connectivity index (χ0v) is 10.8. The molecule has 0 saturated heterocycles. The first-order valence-electron chi connectivity index (χ1n) is 6.73. The van der Waals surface area contributed by atoms with E-state index in [2.05, 4.69) is 25.2 Å². The highest BCUT2D eigenvalue weighted by Gasteiger charge is 1.90. The van der Waals surface area contributed by atoms with Crippen molar-refractivity contribution in [2.24, 2.45) is 0 Å². The van der Waals surface area contributed by atoms with Gasteiger partial charge in [-0.05, 0) is 32.6 Å². The molecule has 0 spiro atoms. The summed E-state index contributed by atoms with van der Waals surface area (Å²) in [6.07, 6.45) is 22.2. The van der Waals surface area contributed by atoms with Crippen molar-refractivity contribution in [3.8, 4) is 0 Å². The lowest BCUT2D eigenvalue weighted by Gasteiger charge is -1.99. The minimum Gasteiger partial charge on any atom is -0.0917 e. The normalized spacial score (nSPS) is 11.6. The van der Waals surface area contributed by atoms with Gasteiger partial charge in [0, 0.05) is 0 Å². The number of hydrogen-bond acceptors (Lipinski definition) is 0. The van der Waals surface area contributed by atoms with E-state index >= 15 is 0 Å². The van der Waals surface area contributed by atoms with Gasteiger partial charge in [0.25, 0.3) is 0 Å². The highest BCUT2D eigenvalue weighted by molar-refractivity contribution is 4.95. The van der Waals surface area contributed by atoms with Crippen LogP contribution >= 0.6 is 0 Å². The molecule has 0 atom stereocenters. The molecular weight excluding hydrogens is 192 g/mol. The van der Waals surface area contributed by atoms with Crippen molar-refractivity contribution in [3.63, 3.8) is 0 Å². The molecule has 0 rings (SSSR count). The van der Waals surface area contributed by atoms with Gasteiger partial charge in [0.05, 0.1) is 0 Å². The second-order valence-corrected chi connectivity index (χ2v) is 4.24. The molecule has 0 fully saturated rings. The van der Waals surface area contributed by atoms with Crippen LogP contribution < -0.4 is 0 Å². The summed E-state index contributed by atoms with van der Waals surface area (Å²) in [7, 11) is 0. The van der Waals surface area contributed by atoms with Crippen LogP contribution in [0.5, 0.6) is 0 Å². The summed E-state index contributed by atoms with van der Waals surface area (Å²) in [5, 5.41) is 0. The van der Waals surface area contributed by atoms with Crippen molar-refractivity contribution in [3.05, 3.63) is 37.0 Å². The number of hydrogen-bond donors (Lipinski definition) is 0. The Morgan fingerprint density at radius 2 is 1.25 bits per heavy atom. The highest BCUT2D eigenvalue weighted by Crippen LogP contribution is 2.10. The molecule has 0 heteroatoms. The van der Waals surface area contributed by atoms with Crippen molar-refractivity contribution in [1.82, 2.24) is 0 Å². The molecule has 0 aliphatic rings. The van der Waals surface area contributed by atoms with Gasteiger partial charge in [0.2, 0.25) is 0 Å². The first-order valence-corrected chi connectivity index (χ1v) is 6.73. The fraction of sp³-hybridized carbons (Fsp3) is 0.625. The van der Waals surface area contributed by atoms with Gasteiger partial charge in [-0.2, -0.15) is 0 Å². The van der Waals surface area contributed by atoms with Gasteiger partial charge in [0.15, 0.2) is 0 Å². The maximum Gasteiger partial charge on any atom is -0.0348 e. The summed E-state index contributed by atoms with van der Waals surface area (Å²) >= 11 is 0. The Bertz CT molecular complexity index is 186. The molecule has 0 amide bonds. The average Bonchev–Trinajstić information content (AvgIpc) is 2.31. The molecule has 0 aromatic heterocycles. The van der Waals surface area contributed by atoms with Crippen LogP contribution in [0.25, 0.3) is 0 Å². The lowest BCUT2D eigenvalue weighted by Crippen LogP contribution is -1.80. The molecule has 0 aliphatic carbocycles. The third-order valence-electron chi connectivity index (χ3n) is 2.72. The third-order valence-corrected chi connectivity index (χ3v) is 2.72. The van der Waals surface area contributed by atoms with E-state index in [4.69, 9.17) is 6.58 Å². The van der Waals surface area contributed by atoms with Gasteiger partial charge >= 0.3 is 0 Å². The predicted octanol–water partition coefficient (Wildman–Crippen LogP) is 5.62. The van der Waals surface area contributed by atoms with Gasteiger partial charge in [-0.25, -0.2) is 0 Å². The fourth-order valence-corrected chi connectivity index (χ4v) is 1.75. The quantitative estimate of drug-likeness (QED) is 0.240. The van der Waals surface area contributed by atoms with E-state index in [0.29, 0.717) is 0 Å². The van der Waals surface area contributed by atoms with Crippen LogP contribution in [0.2, 0.25) is 0 Å². The molecule has 1 radical (unpaired) electrons. The van der Waals surface area contributed by atoms with Crippen LogP contribution in [0.4, 0.5) is 0 Å². The molecule has 0 N–H and O–H groups in total. The van der Waals surface area contributed by atoms with E-state index in [1.807, 2.05) is 6.08 Å². The topological polar surface area (TPSA) is 0 Å². The Hall–Kier alpha value is -0.780. The zero-order chi connectivity index (χ0) is 11.9. The lowest BCUT2D eigenvalue weighted by atomic mass is 10.1. The van der Waals surface area contributed by atoms with Gasteiger partial charge < -0.3 is 0 Å². The fourth-order valence-electron chi connectivity index (χ4n) is 1.75. The van der Waals surface area contributed by atoms with Crippen LogP contribution in [-0.2, 0) is 0 Å². The van der Waals surface area contributed by atoms with E-state index < -0.39 is 0 Å². The maximum absolute atomic E-state index is 5.24. The van der Waals surface area contributed by atoms with Crippen molar-refractivity contribution in [1.29, 1.82) is 0 Å². The Morgan fingerprint density at radius 3 is 1.75 bits per heavy atom. The van der Waals surface area contributed by atoms with Gasteiger partial charge in [0.1, 0.15) is 0 Å². The Morgan fingerprint density at radius 1 is 0.750 bits per heavy atom. The molecule has 91 valence electrons. The first kappa shape index (κ1) is 15.2. The van der Waals surface area contributed by atoms with E-state index in [1.165, 1.54) is 57.8 Å². The molecule has 0 heterocycles. The number of rotatable bonds is 11. The summed E-state index contributed by atoms with van der Waals surface area (Å²) < 4.78 is 0. The Kier molecular flexibility index (Phi) is 13.5. The largest absolute Gasteiger partial charge is 0.0917 e. The Labute approximate surface area is 102 Å². The van der Waals surface area contributed by atoms with E-state index in [0.717, 1.165) is 0 Å². The standard InChI is InChI=1S/C16H27/c1-3-5-7-9-11-13-15-16-14-12-10-8-6-4-2/h1,3-7H,8-16H2,2H3. The van der Waals surface area contributed by atoms with Crippen LogP contribution in [0, 0.1) is 6.58 Å². The Balaban J connectivity index is 2.98. The molecule has 0 nitrogen and oxygen atoms in total. The highest BCUT2D eigenvalue weighted by atomic mass is 14.0. The van der Waals surface area contributed by atoms with Gasteiger partial charge in [-0.3, -0.25) is 0 Å². The number of allylic oxidation sites excluding steroid dienone is 5. The molecular formula is C16H27. The third kappa shape index (κ3) is 13.2. The van der Waals surface area contributed by atoms with Crippen molar-refractivity contribution in [2.75, 3.05) is 0 Å². The first-order chi connectivity index (χ1) is 7.91. The molecule has 0 aliphatic heterocycles. The summed E-state index contributed by atoms with van der Waals surface area (Å²) in [5.74, 6) is 0. The van der Waals surface area contributed by atoms with Crippen molar-refractivity contribution >= 4 is 0 Å². The van der Waals surface area contributed by atoms with Crippen molar-refractivity contribution in [2.45, 2.75) is 64.7 Å².